The summed E-state index contributed by atoms with van der Waals surface area (Å²) in [6.07, 6.45) is -6.33. The third-order valence-electron chi connectivity index (χ3n) is 5.06. The predicted octanol–water partition coefficient (Wildman–Crippen LogP) is -4.29. The number of nitrogen functional groups attached to an aromatic ring is 1. The molecule has 1 aliphatic heterocycles. The summed E-state index contributed by atoms with van der Waals surface area (Å²) in [5, 5.41) is 48.5. The molecule has 3 heterocycles. The van der Waals surface area contributed by atoms with Crippen molar-refractivity contribution in [1.29, 1.82) is 0 Å². The van der Waals surface area contributed by atoms with Crippen LogP contribution in [0, 0.1) is 0 Å². The van der Waals surface area contributed by atoms with Crippen LogP contribution in [0.25, 0.3) is 11.2 Å². The van der Waals surface area contributed by atoms with E-state index in [2.05, 4.69) is 15.0 Å². The van der Waals surface area contributed by atoms with E-state index in [0.29, 0.717) is 0 Å². The highest BCUT2D eigenvalue weighted by molar-refractivity contribution is 5.90. The second-order valence-corrected chi connectivity index (χ2v) is 7.11. The maximum atomic E-state index is 13.2. The SMILES string of the molecule is Nc1nc2c(ncn2[C@]2(C(=O)CCC(=O)OC(CO)CO)O[C@H](CO)[C@@H](O)[C@H]2O)c(=O)[nH]1. The van der Waals surface area contributed by atoms with E-state index in [4.69, 9.17) is 25.4 Å². The summed E-state index contributed by atoms with van der Waals surface area (Å²) in [7, 11) is 0. The molecule has 0 spiro atoms. The average molecular weight is 457 g/mol. The van der Waals surface area contributed by atoms with Crippen molar-refractivity contribution >= 4 is 28.9 Å². The minimum absolute atomic E-state index is 0.239. The first-order valence-electron chi connectivity index (χ1n) is 9.52. The fraction of sp³-hybridized carbons (Fsp3) is 0.588. The number of aromatic nitrogens is 4. The van der Waals surface area contributed by atoms with Crippen molar-refractivity contribution < 1.29 is 44.6 Å². The van der Waals surface area contributed by atoms with Crippen LogP contribution in [0.15, 0.2) is 11.1 Å². The Balaban J connectivity index is 2.00. The van der Waals surface area contributed by atoms with Crippen molar-refractivity contribution in [3.05, 3.63) is 16.7 Å². The molecule has 0 aromatic carbocycles. The molecule has 176 valence electrons. The molecule has 15 heteroatoms. The quantitative estimate of drug-likeness (QED) is 0.176. The number of carbonyl (C=O) groups is 2. The molecule has 1 aliphatic rings. The number of H-pyrrole nitrogens is 1. The number of imidazole rings is 1. The van der Waals surface area contributed by atoms with Crippen LogP contribution in [0.2, 0.25) is 0 Å². The molecule has 0 unspecified atom stereocenters. The fourth-order valence-corrected chi connectivity index (χ4v) is 3.46. The molecule has 0 amide bonds. The number of anilines is 1. The van der Waals surface area contributed by atoms with Gasteiger partial charge in [0.25, 0.3) is 5.56 Å². The Bertz CT molecular complexity index is 1050. The topological polar surface area (TPSA) is 243 Å². The van der Waals surface area contributed by atoms with E-state index >= 15 is 0 Å². The van der Waals surface area contributed by atoms with Gasteiger partial charge in [0, 0.05) is 6.42 Å². The van der Waals surface area contributed by atoms with E-state index in [-0.39, 0.29) is 17.1 Å². The molecule has 1 fully saturated rings. The van der Waals surface area contributed by atoms with Gasteiger partial charge in [-0.2, -0.15) is 4.98 Å². The predicted molar refractivity (Wildman–Crippen MR) is 103 cm³/mol. The zero-order chi connectivity index (χ0) is 23.6. The zero-order valence-electron chi connectivity index (χ0n) is 16.6. The number of nitrogens with one attached hydrogen (secondary N) is 1. The Labute approximate surface area is 179 Å². The van der Waals surface area contributed by atoms with Crippen LogP contribution in [-0.4, -0.2) is 101 Å². The molecule has 0 aliphatic carbocycles. The number of rotatable bonds is 9. The number of ketones is 1. The minimum atomic E-state index is -2.40. The minimum Gasteiger partial charge on any atom is -0.457 e. The van der Waals surface area contributed by atoms with E-state index in [1.54, 1.807) is 0 Å². The maximum absolute atomic E-state index is 13.2. The number of nitrogens with zero attached hydrogens (tertiary/aromatic N) is 3. The first-order valence-corrected chi connectivity index (χ1v) is 9.52. The number of ether oxygens (including phenoxy) is 2. The van der Waals surface area contributed by atoms with Gasteiger partial charge in [0.2, 0.25) is 11.7 Å². The van der Waals surface area contributed by atoms with E-state index in [0.717, 1.165) is 10.9 Å². The Morgan fingerprint density at radius 2 is 1.97 bits per heavy atom. The third-order valence-corrected chi connectivity index (χ3v) is 5.06. The third kappa shape index (κ3) is 3.96. The molecule has 0 saturated carbocycles. The second-order valence-electron chi connectivity index (χ2n) is 7.11. The molecule has 3 rings (SSSR count). The van der Waals surface area contributed by atoms with Crippen LogP contribution in [-0.2, 0) is 24.8 Å². The first-order chi connectivity index (χ1) is 15.2. The lowest BCUT2D eigenvalue weighted by Gasteiger charge is -2.32. The normalized spacial score (nSPS) is 25.5. The van der Waals surface area contributed by atoms with Gasteiger partial charge in [-0.05, 0) is 0 Å². The summed E-state index contributed by atoms with van der Waals surface area (Å²) < 4.78 is 11.3. The highest BCUT2D eigenvalue weighted by Gasteiger charge is 2.60. The van der Waals surface area contributed by atoms with Crippen LogP contribution in [0.3, 0.4) is 0 Å². The standard InChI is InChI=1S/C17H23N5O10/c18-16-20-14-11(15(30)21-16)19-6-22(14)17(13(29)12(28)8(5-25)32-17)9(26)1-2-10(27)31-7(3-23)4-24/h6-8,12-13,23-25,28-29H,1-5H2,(H3,18,20,21,30)/t8-,12-,13-,17-/m1/s1. The number of nitrogens with two attached hydrogens (primary N) is 1. The summed E-state index contributed by atoms with van der Waals surface area (Å²) in [5.41, 5.74) is 1.95. The molecule has 0 radical (unpaired) electrons. The summed E-state index contributed by atoms with van der Waals surface area (Å²) >= 11 is 0. The van der Waals surface area contributed by atoms with Crippen LogP contribution in [0.4, 0.5) is 5.95 Å². The number of esters is 1. The summed E-state index contributed by atoms with van der Waals surface area (Å²) in [4.78, 5) is 47.3. The van der Waals surface area contributed by atoms with Gasteiger partial charge >= 0.3 is 5.97 Å². The Kier molecular flexibility index (Phi) is 6.87. The van der Waals surface area contributed by atoms with E-state index < -0.39 is 80.1 Å². The highest BCUT2D eigenvalue weighted by Crippen LogP contribution is 2.39. The van der Waals surface area contributed by atoms with Crippen molar-refractivity contribution in [3.8, 4) is 0 Å². The molecule has 0 bridgehead atoms. The molecular formula is C17H23N5O10. The van der Waals surface area contributed by atoms with Crippen LogP contribution in [0.1, 0.15) is 12.8 Å². The smallest absolute Gasteiger partial charge is 0.306 e. The monoisotopic (exact) mass is 457 g/mol. The Morgan fingerprint density at radius 3 is 2.56 bits per heavy atom. The van der Waals surface area contributed by atoms with Gasteiger partial charge in [-0.15, -0.1) is 0 Å². The van der Waals surface area contributed by atoms with E-state index in [1.165, 1.54) is 0 Å². The van der Waals surface area contributed by atoms with Crippen molar-refractivity contribution in [2.24, 2.45) is 0 Å². The van der Waals surface area contributed by atoms with Gasteiger partial charge < -0.3 is 40.7 Å². The number of hydrogen-bond donors (Lipinski definition) is 7. The Hall–Kier alpha value is -2.95. The van der Waals surface area contributed by atoms with Crippen molar-refractivity contribution in [1.82, 2.24) is 19.5 Å². The fourth-order valence-electron chi connectivity index (χ4n) is 3.46. The van der Waals surface area contributed by atoms with Crippen LogP contribution >= 0.6 is 0 Å². The summed E-state index contributed by atoms with van der Waals surface area (Å²) in [5.74, 6) is -2.18. The summed E-state index contributed by atoms with van der Waals surface area (Å²) in [6.45, 7) is -2.02. The lowest BCUT2D eigenvalue weighted by Crippen LogP contribution is -2.52. The lowest BCUT2D eigenvalue weighted by molar-refractivity contribution is -0.175. The van der Waals surface area contributed by atoms with E-state index in [1.807, 2.05) is 0 Å². The number of aliphatic hydroxyl groups is 5. The van der Waals surface area contributed by atoms with Gasteiger partial charge in [-0.3, -0.25) is 23.9 Å². The number of fused-ring (bicyclic) bond motifs is 1. The molecule has 2 aromatic rings. The highest BCUT2D eigenvalue weighted by atomic mass is 16.6. The van der Waals surface area contributed by atoms with Crippen molar-refractivity contribution in [3.63, 3.8) is 0 Å². The molecule has 2 aromatic heterocycles. The van der Waals surface area contributed by atoms with Gasteiger partial charge in [0.1, 0.15) is 30.7 Å². The zero-order valence-corrected chi connectivity index (χ0v) is 16.6. The number of Topliss-reactive ketones (excluding diaryl/α,β-unsaturated/α-hetero) is 1. The average Bonchev–Trinajstić information content (AvgIpc) is 3.30. The number of aliphatic hydroxyl groups excluding tert-OH is 5. The second kappa shape index (κ2) is 9.27. The van der Waals surface area contributed by atoms with Gasteiger partial charge in [-0.25, -0.2) is 4.98 Å². The van der Waals surface area contributed by atoms with Crippen LogP contribution < -0.4 is 11.3 Å². The molecule has 32 heavy (non-hydrogen) atoms. The first kappa shape index (κ1) is 23.7. The molecule has 1 saturated heterocycles. The van der Waals surface area contributed by atoms with Gasteiger partial charge in [0.05, 0.1) is 26.2 Å². The van der Waals surface area contributed by atoms with Gasteiger partial charge in [-0.1, -0.05) is 0 Å². The largest absolute Gasteiger partial charge is 0.457 e. The van der Waals surface area contributed by atoms with Crippen molar-refractivity contribution in [2.75, 3.05) is 25.6 Å². The lowest BCUT2D eigenvalue weighted by atomic mass is 9.95. The number of aromatic amines is 1. The van der Waals surface area contributed by atoms with Crippen LogP contribution in [0.5, 0.6) is 0 Å². The van der Waals surface area contributed by atoms with Crippen molar-refractivity contribution in [2.45, 2.75) is 43.0 Å². The molecule has 4 atom stereocenters. The number of hydrogen-bond acceptors (Lipinski definition) is 13. The molecule has 15 nitrogen and oxygen atoms in total. The summed E-state index contributed by atoms with van der Waals surface area (Å²) in [6, 6.07) is 0. The van der Waals surface area contributed by atoms with E-state index in [9.17, 15) is 29.7 Å². The Morgan fingerprint density at radius 1 is 1.28 bits per heavy atom. The number of carbonyl (C=O) groups excluding carboxylic acids is 2. The maximum Gasteiger partial charge on any atom is 0.306 e. The molecular weight excluding hydrogens is 434 g/mol. The van der Waals surface area contributed by atoms with Gasteiger partial charge in [0.15, 0.2) is 16.9 Å². The molecule has 8 N–H and O–H groups in total.